The Kier molecular flexibility index (Phi) is 6.36. The molecule has 0 fully saturated rings. The van der Waals surface area contributed by atoms with E-state index in [1.165, 1.54) is 15.6 Å². The fourth-order valence-corrected chi connectivity index (χ4v) is 2.13. The predicted octanol–water partition coefficient (Wildman–Crippen LogP) is 3.72. The molecule has 1 aromatic rings. The van der Waals surface area contributed by atoms with E-state index in [1.54, 1.807) is 0 Å². The van der Waals surface area contributed by atoms with E-state index in [-0.39, 0.29) is 0 Å². The van der Waals surface area contributed by atoms with E-state index in [4.69, 9.17) is 0 Å². The Morgan fingerprint density at radius 3 is 2.31 bits per heavy atom. The maximum Gasteiger partial charge on any atom is 0.0130 e. The summed E-state index contributed by atoms with van der Waals surface area (Å²) in [5, 5.41) is 3.42. The Balaban J connectivity index is 2.43. The third-order valence-electron chi connectivity index (χ3n) is 3.16. The minimum atomic E-state index is 0.735. The van der Waals surface area contributed by atoms with Crippen molar-refractivity contribution in [3.8, 4) is 0 Å². The SMILES string of the molecule is CCNCC(C)C(C)Cc1ccc(I)cc1. The molecular weight excluding hydrogens is 309 g/mol. The lowest BCUT2D eigenvalue weighted by molar-refractivity contribution is 0.368. The number of rotatable bonds is 6. The van der Waals surface area contributed by atoms with Gasteiger partial charge >= 0.3 is 0 Å². The van der Waals surface area contributed by atoms with E-state index in [9.17, 15) is 0 Å². The summed E-state index contributed by atoms with van der Waals surface area (Å²) in [6.07, 6.45) is 1.18. The smallest absolute Gasteiger partial charge is 0.0130 e. The van der Waals surface area contributed by atoms with Crippen LogP contribution in [0.2, 0.25) is 0 Å². The van der Waals surface area contributed by atoms with Crippen LogP contribution in [-0.4, -0.2) is 13.1 Å². The van der Waals surface area contributed by atoms with Crippen LogP contribution < -0.4 is 5.32 Å². The number of benzene rings is 1. The zero-order valence-corrected chi connectivity index (χ0v) is 12.6. The molecule has 2 atom stereocenters. The molecule has 1 nitrogen and oxygen atoms in total. The summed E-state index contributed by atoms with van der Waals surface area (Å²) in [5.41, 5.74) is 1.45. The Bertz CT molecular complexity index is 294. The lowest BCUT2D eigenvalue weighted by Crippen LogP contribution is -2.25. The molecular formula is C14H22IN. The second-order valence-corrected chi connectivity index (χ2v) is 5.84. The van der Waals surface area contributed by atoms with Crippen molar-refractivity contribution in [2.24, 2.45) is 11.8 Å². The van der Waals surface area contributed by atoms with Crippen molar-refractivity contribution in [3.05, 3.63) is 33.4 Å². The molecule has 1 N–H and O–H groups in total. The fourth-order valence-electron chi connectivity index (χ4n) is 1.77. The van der Waals surface area contributed by atoms with Crippen molar-refractivity contribution in [1.82, 2.24) is 5.32 Å². The van der Waals surface area contributed by atoms with Crippen molar-refractivity contribution in [2.45, 2.75) is 27.2 Å². The number of nitrogens with one attached hydrogen (secondary N) is 1. The molecule has 0 amide bonds. The Hall–Kier alpha value is -0.0900. The van der Waals surface area contributed by atoms with Gasteiger partial charge in [-0.1, -0.05) is 32.9 Å². The monoisotopic (exact) mass is 331 g/mol. The molecule has 0 aliphatic carbocycles. The van der Waals surface area contributed by atoms with Crippen molar-refractivity contribution in [2.75, 3.05) is 13.1 Å². The summed E-state index contributed by atoms with van der Waals surface area (Å²) in [5.74, 6) is 1.47. The van der Waals surface area contributed by atoms with Crippen LogP contribution in [0.3, 0.4) is 0 Å². The van der Waals surface area contributed by atoms with Gasteiger partial charge in [0.15, 0.2) is 0 Å². The maximum atomic E-state index is 3.42. The van der Waals surface area contributed by atoms with E-state index in [1.807, 2.05) is 0 Å². The first-order valence-corrected chi connectivity index (χ1v) is 7.16. The van der Waals surface area contributed by atoms with Crippen LogP contribution in [0.5, 0.6) is 0 Å². The molecule has 2 heteroatoms. The zero-order valence-electron chi connectivity index (χ0n) is 10.5. The average Bonchev–Trinajstić information content (AvgIpc) is 2.29. The van der Waals surface area contributed by atoms with Crippen LogP contribution in [0.15, 0.2) is 24.3 Å². The van der Waals surface area contributed by atoms with Crippen LogP contribution in [0, 0.1) is 15.4 Å². The molecule has 1 aromatic carbocycles. The van der Waals surface area contributed by atoms with Gasteiger partial charge in [0.1, 0.15) is 0 Å². The van der Waals surface area contributed by atoms with Gasteiger partial charge in [-0.15, -0.1) is 0 Å². The molecule has 90 valence electrons. The summed E-state index contributed by atoms with van der Waals surface area (Å²) in [4.78, 5) is 0. The molecule has 16 heavy (non-hydrogen) atoms. The van der Waals surface area contributed by atoms with Gasteiger partial charge in [0.25, 0.3) is 0 Å². The first-order valence-electron chi connectivity index (χ1n) is 6.08. The summed E-state index contributed by atoms with van der Waals surface area (Å²) >= 11 is 2.35. The standard InChI is InChI=1S/C14H22IN/c1-4-16-10-12(3)11(2)9-13-5-7-14(15)8-6-13/h5-8,11-12,16H,4,9-10H2,1-3H3. The van der Waals surface area contributed by atoms with Crippen LogP contribution in [0.4, 0.5) is 0 Å². The normalized spacial score (nSPS) is 14.8. The molecule has 0 saturated carbocycles. The van der Waals surface area contributed by atoms with Gasteiger partial charge < -0.3 is 5.32 Å². The lowest BCUT2D eigenvalue weighted by Gasteiger charge is -2.20. The molecule has 0 aliphatic rings. The van der Waals surface area contributed by atoms with E-state index in [0.29, 0.717) is 0 Å². The average molecular weight is 331 g/mol. The highest BCUT2D eigenvalue weighted by Crippen LogP contribution is 2.17. The summed E-state index contributed by atoms with van der Waals surface area (Å²) < 4.78 is 1.31. The number of hydrogen-bond acceptors (Lipinski definition) is 1. The molecule has 0 saturated heterocycles. The van der Waals surface area contributed by atoms with Crippen LogP contribution in [-0.2, 0) is 6.42 Å². The van der Waals surface area contributed by atoms with Crippen molar-refractivity contribution in [3.63, 3.8) is 0 Å². The highest BCUT2D eigenvalue weighted by atomic mass is 127. The second kappa shape index (κ2) is 7.28. The predicted molar refractivity (Wildman–Crippen MR) is 79.7 cm³/mol. The number of halogens is 1. The third-order valence-corrected chi connectivity index (χ3v) is 3.88. The molecule has 0 radical (unpaired) electrons. The lowest BCUT2D eigenvalue weighted by atomic mass is 9.89. The molecule has 1 rings (SSSR count). The van der Waals surface area contributed by atoms with Gasteiger partial charge in [-0.05, 0) is 71.6 Å². The zero-order chi connectivity index (χ0) is 12.0. The quantitative estimate of drug-likeness (QED) is 0.784. The van der Waals surface area contributed by atoms with E-state index in [2.05, 4.69) is 72.9 Å². The van der Waals surface area contributed by atoms with Crippen molar-refractivity contribution in [1.29, 1.82) is 0 Å². The van der Waals surface area contributed by atoms with Crippen molar-refractivity contribution >= 4 is 22.6 Å². The van der Waals surface area contributed by atoms with Gasteiger partial charge in [-0.3, -0.25) is 0 Å². The molecule has 0 aromatic heterocycles. The van der Waals surface area contributed by atoms with Gasteiger partial charge in [0.05, 0.1) is 0 Å². The molecule has 2 unspecified atom stereocenters. The second-order valence-electron chi connectivity index (χ2n) is 4.59. The first kappa shape index (κ1) is 14.0. The first-order chi connectivity index (χ1) is 7.63. The van der Waals surface area contributed by atoms with Gasteiger partial charge in [0.2, 0.25) is 0 Å². The van der Waals surface area contributed by atoms with E-state index in [0.717, 1.165) is 24.9 Å². The molecule has 0 aliphatic heterocycles. The fraction of sp³-hybridized carbons (Fsp3) is 0.571. The molecule has 0 heterocycles. The summed E-state index contributed by atoms with van der Waals surface area (Å²) in [6, 6.07) is 8.88. The molecule has 0 spiro atoms. The highest BCUT2D eigenvalue weighted by Gasteiger charge is 2.12. The number of hydrogen-bond donors (Lipinski definition) is 1. The van der Waals surface area contributed by atoms with Gasteiger partial charge in [-0.25, -0.2) is 0 Å². The van der Waals surface area contributed by atoms with E-state index >= 15 is 0 Å². The Morgan fingerprint density at radius 2 is 1.75 bits per heavy atom. The van der Waals surface area contributed by atoms with Gasteiger partial charge in [-0.2, -0.15) is 0 Å². The highest BCUT2D eigenvalue weighted by molar-refractivity contribution is 14.1. The van der Waals surface area contributed by atoms with Crippen LogP contribution in [0.1, 0.15) is 26.3 Å². The minimum absolute atomic E-state index is 0.735. The topological polar surface area (TPSA) is 12.0 Å². The van der Waals surface area contributed by atoms with Crippen molar-refractivity contribution < 1.29 is 0 Å². The van der Waals surface area contributed by atoms with E-state index < -0.39 is 0 Å². The molecule has 0 bridgehead atoms. The van der Waals surface area contributed by atoms with Crippen LogP contribution >= 0.6 is 22.6 Å². The summed E-state index contributed by atoms with van der Waals surface area (Å²) in [6.45, 7) is 9.04. The largest absolute Gasteiger partial charge is 0.317 e. The Morgan fingerprint density at radius 1 is 1.12 bits per heavy atom. The third kappa shape index (κ3) is 4.83. The Labute approximate surface area is 113 Å². The minimum Gasteiger partial charge on any atom is -0.317 e. The maximum absolute atomic E-state index is 3.42. The van der Waals surface area contributed by atoms with Gasteiger partial charge in [0, 0.05) is 3.57 Å². The summed E-state index contributed by atoms with van der Waals surface area (Å²) in [7, 11) is 0. The van der Waals surface area contributed by atoms with Crippen LogP contribution in [0.25, 0.3) is 0 Å².